The summed E-state index contributed by atoms with van der Waals surface area (Å²) < 4.78 is 13.0. The Labute approximate surface area is 73.4 Å². The zero-order valence-corrected chi connectivity index (χ0v) is 7.39. The smallest absolute Gasteiger partial charge is 0.126 e. The Bertz CT molecular complexity index is 230. The maximum Gasteiger partial charge on any atom is 0.126 e. The number of hydrogen-bond acceptors (Lipinski definition) is 0. The lowest BCUT2D eigenvalue weighted by Crippen LogP contribution is -1.89. The Morgan fingerprint density at radius 1 is 1.33 bits per heavy atom. The van der Waals surface area contributed by atoms with Gasteiger partial charge in [0.25, 0.3) is 0 Å². The topological polar surface area (TPSA) is 0 Å². The van der Waals surface area contributed by atoms with E-state index in [4.69, 9.17) is 0 Å². The van der Waals surface area contributed by atoms with E-state index in [1.165, 1.54) is 6.07 Å². The molecule has 0 saturated carbocycles. The summed E-state index contributed by atoms with van der Waals surface area (Å²) in [7, 11) is 0. The number of benzene rings is 1. The Morgan fingerprint density at radius 3 is 2.75 bits per heavy atom. The molecule has 0 aromatic heterocycles. The molecule has 0 nitrogen and oxygen atoms in total. The van der Waals surface area contributed by atoms with Crippen LogP contribution in [0.15, 0.2) is 24.3 Å². The van der Waals surface area contributed by atoms with Crippen LogP contribution in [0.1, 0.15) is 25.3 Å². The molecule has 0 bridgehead atoms. The van der Waals surface area contributed by atoms with Crippen molar-refractivity contribution in [1.29, 1.82) is 0 Å². The molecule has 0 aliphatic heterocycles. The maximum absolute atomic E-state index is 13.0. The van der Waals surface area contributed by atoms with E-state index in [0.717, 1.165) is 24.8 Å². The van der Waals surface area contributed by atoms with Crippen LogP contribution < -0.4 is 0 Å². The molecular formula is C11H14F. The molecule has 1 aromatic carbocycles. The second kappa shape index (κ2) is 4.91. The number of rotatable bonds is 4. The van der Waals surface area contributed by atoms with Gasteiger partial charge in [-0.05, 0) is 30.9 Å². The van der Waals surface area contributed by atoms with Crippen molar-refractivity contribution < 1.29 is 4.39 Å². The Morgan fingerprint density at radius 2 is 2.08 bits per heavy atom. The van der Waals surface area contributed by atoms with Gasteiger partial charge in [0.1, 0.15) is 5.82 Å². The molecule has 0 atom stereocenters. The van der Waals surface area contributed by atoms with Crippen molar-refractivity contribution in [2.24, 2.45) is 0 Å². The van der Waals surface area contributed by atoms with E-state index in [-0.39, 0.29) is 5.82 Å². The van der Waals surface area contributed by atoms with Crippen molar-refractivity contribution in [3.63, 3.8) is 0 Å². The minimum atomic E-state index is -0.0815. The van der Waals surface area contributed by atoms with Gasteiger partial charge in [0.05, 0.1) is 0 Å². The van der Waals surface area contributed by atoms with Gasteiger partial charge in [0, 0.05) is 0 Å². The summed E-state index contributed by atoms with van der Waals surface area (Å²) in [5.41, 5.74) is 0.821. The first-order valence-corrected chi connectivity index (χ1v) is 4.39. The molecule has 1 rings (SSSR count). The van der Waals surface area contributed by atoms with Gasteiger partial charge in [0.2, 0.25) is 0 Å². The highest BCUT2D eigenvalue weighted by Gasteiger charge is 1.98. The molecule has 12 heavy (non-hydrogen) atoms. The van der Waals surface area contributed by atoms with Gasteiger partial charge in [-0.25, -0.2) is 4.39 Å². The largest absolute Gasteiger partial charge is 0.207 e. The molecule has 0 aliphatic carbocycles. The van der Waals surface area contributed by atoms with E-state index in [9.17, 15) is 4.39 Å². The maximum atomic E-state index is 13.0. The van der Waals surface area contributed by atoms with Crippen LogP contribution in [-0.4, -0.2) is 0 Å². The zero-order chi connectivity index (χ0) is 8.81. The Kier molecular flexibility index (Phi) is 3.78. The molecular weight excluding hydrogens is 151 g/mol. The van der Waals surface area contributed by atoms with E-state index >= 15 is 0 Å². The number of hydrogen-bond donors (Lipinski definition) is 0. The molecule has 1 radical (unpaired) electrons. The average Bonchev–Trinajstić information content (AvgIpc) is 2.09. The molecule has 0 fully saturated rings. The lowest BCUT2D eigenvalue weighted by atomic mass is 10.1. The third-order valence-corrected chi connectivity index (χ3v) is 1.86. The van der Waals surface area contributed by atoms with Gasteiger partial charge in [-0.1, -0.05) is 31.5 Å². The third kappa shape index (κ3) is 2.65. The molecule has 0 N–H and O–H groups in total. The summed E-state index contributed by atoms with van der Waals surface area (Å²) in [6.45, 7) is 2.10. The molecule has 0 unspecified atom stereocenters. The van der Waals surface area contributed by atoms with Crippen LogP contribution in [0.5, 0.6) is 0 Å². The number of unbranched alkanes of at least 4 members (excludes halogenated alkanes) is 2. The summed E-state index contributed by atoms with van der Waals surface area (Å²) in [6.07, 6.45) is 5.03. The zero-order valence-electron chi connectivity index (χ0n) is 7.39. The molecule has 0 amide bonds. The summed E-state index contributed by atoms with van der Waals surface area (Å²) in [4.78, 5) is 0. The van der Waals surface area contributed by atoms with Crippen molar-refractivity contribution in [2.45, 2.75) is 26.2 Å². The second-order valence-corrected chi connectivity index (χ2v) is 2.83. The minimum Gasteiger partial charge on any atom is -0.207 e. The predicted molar refractivity (Wildman–Crippen MR) is 49.3 cm³/mol. The summed E-state index contributed by atoms with van der Waals surface area (Å²) in [5.74, 6) is -0.0815. The van der Waals surface area contributed by atoms with Gasteiger partial charge in [0.15, 0.2) is 0 Å². The lowest BCUT2D eigenvalue weighted by Gasteiger charge is -2.00. The molecule has 65 valence electrons. The summed E-state index contributed by atoms with van der Waals surface area (Å²) in [6, 6.07) is 6.97. The highest BCUT2D eigenvalue weighted by atomic mass is 19.1. The highest BCUT2D eigenvalue weighted by Crippen LogP contribution is 2.09. The molecule has 0 saturated heterocycles. The third-order valence-electron chi connectivity index (χ3n) is 1.86. The van der Waals surface area contributed by atoms with E-state index in [1.54, 1.807) is 6.07 Å². The van der Waals surface area contributed by atoms with Crippen LogP contribution >= 0.6 is 0 Å². The average molecular weight is 165 g/mol. The summed E-state index contributed by atoms with van der Waals surface area (Å²) in [5, 5.41) is 0. The van der Waals surface area contributed by atoms with E-state index in [1.807, 2.05) is 12.1 Å². The van der Waals surface area contributed by atoms with Gasteiger partial charge in [-0.2, -0.15) is 0 Å². The van der Waals surface area contributed by atoms with Crippen LogP contribution in [0.2, 0.25) is 0 Å². The fourth-order valence-corrected chi connectivity index (χ4v) is 1.16. The van der Waals surface area contributed by atoms with Crippen molar-refractivity contribution >= 4 is 0 Å². The fourth-order valence-electron chi connectivity index (χ4n) is 1.16. The first-order chi connectivity index (χ1) is 5.84. The summed E-state index contributed by atoms with van der Waals surface area (Å²) >= 11 is 0. The molecule has 0 spiro atoms. The molecule has 1 heteroatoms. The van der Waals surface area contributed by atoms with Crippen molar-refractivity contribution in [1.82, 2.24) is 0 Å². The normalized spacial score (nSPS) is 10.2. The number of halogens is 1. The van der Waals surface area contributed by atoms with Crippen LogP contribution in [0.4, 0.5) is 4.39 Å². The van der Waals surface area contributed by atoms with Crippen LogP contribution in [0.25, 0.3) is 0 Å². The van der Waals surface area contributed by atoms with Crippen molar-refractivity contribution in [3.05, 3.63) is 42.1 Å². The predicted octanol–water partition coefficient (Wildman–Crippen LogP) is 3.37. The van der Waals surface area contributed by atoms with Crippen LogP contribution in [0, 0.1) is 12.2 Å². The lowest BCUT2D eigenvalue weighted by molar-refractivity contribution is 0.607. The quantitative estimate of drug-likeness (QED) is 0.600. The van der Waals surface area contributed by atoms with Crippen molar-refractivity contribution in [3.8, 4) is 0 Å². The van der Waals surface area contributed by atoms with E-state index < -0.39 is 0 Å². The number of aryl methyl sites for hydroxylation is 1. The molecule has 1 aromatic rings. The van der Waals surface area contributed by atoms with Crippen LogP contribution in [0.3, 0.4) is 0 Å². The SMILES string of the molecule is CC[CH]CCc1ccccc1F. The Hall–Kier alpha value is -0.850. The van der Waals surface area contributed by atoms with Gasteiger partial charge >= 0.3 is 0 Å². The Balaban J connectivity index is 2.46. The first-order valence-electron chi connectivity index (χ1n) is 4.39. The highest BCUT2D eigenvalue weighted by molar-refractivity contribution is 5.17. The van der Waals surface area contributed by atoms with Gasteiger partial charge in [-0.3, -0.25) is 0 Å². The molecule has 0 aliphatic rings. The first kappa shape index (κ1) is 9.24. The standard InChI is InChI=1S/C11H14F/c1-2-3-4-7-10-8-5-6-9-11(10)12/h3,5-6,8-9H,2,4,7H2,1H3. The van der Waals surface area contributed by atoms with E-state index in [0.29, 0.717) is 0 Å². The minimum absolute atomic E-state index is 0.0815. The fraction of sp³-hybridized carbons (Fsp3) is 0.364. The monoisotopic (exact) mass is 165 g/mol. The van der Waals surface area contributed by atoms with Gasteiger partial charge < -0.3 is 0 Å². The second-order valence-electron chi connectivity index (χ2n) is 2.83. The molecule has 0 heterocycles. The van der Waals surface area contributed by atoms with Crippen molar-refractivity contribution in [2.75, 3.05) is 0 Å². The van der Waals surface area contributed by atoms with Crippen LogP contribution in [-0.2, 0) is 6.42 Å². The van der Waals surface area contributed by atoms with E-state index in [2.05, 4.69) is 13.3 Å². The van der Waals surface area contributed by atoms with Gasteiger partial charge in [-0.15, -0.1) is 0 Å².